The Morgan fingerprint density at radius 1 is 1.18 bits per heavy atom. The molecule has 22 heavy (non-hydrogen) atoms. The van der Waals surface area contributed by atoms with Crippen LogP contribution >= 0.6 is 0 Å². The molecule has 0 bridgehead atoms. The van der Waals surface area contributed by atoms with Gasteiger partial charge in [-0.05, 0) is 36.3 Å². The lowest BCUT2D eigenvalue weighted by molar-refractivity contribution is -0.144. The number of carbonyl (C=O) groups is 1. The Labute approximate surface area is 128 Å². The van der Waals surface area contributed by atoms with Crippen molar-refractivity contribution in [3.63, 3.8) is 0 Å². The van der Waals surface area contributed by atoms with Gasteiger partial charge in [-0.15, -0.1) is 0 Å². The minimum absolute atomic E-state index is 0.477. The molecule has 0 aromatic heterocycles. The third kappa shape index (κ3) is 3.97. The lowest BCUT2D eigenvalue weighted by atomic mass is 10.0. The number of carboxylic acid groups (broad SMARTS) is 1. The summed E-state index contributed by atoms with van der Waals surface area (Å²) in [5.74, 6) is -0.537. The van der Waals surface area contributed by atoms with Gasteiger partial charge in [0.1, 0.15) is 5.75 Å². The fourth-order valence-electron chi connectivity index (χ4n) is 1.86. The maximum absolute atomic E-state index is 10.7. The Morgan fingerprint density at radius 2 is 1.82 bits per heavy atom. The first-order valence-corrected chi connectivity index (χ1v) is 6.77. The molecule has 0 heterocycles. The number of ether oxygens (including phenoxy) is 1. The van der Waals surface area contributed by atoms with Gasteiger partial charge in [0.2, 0.25) is 0 Å². The highest BCUT2D eigenvalue weighted by atomic mass is 16.5. The molecule has 0 amide bonds. The standard InChI is InChI=1S/C18H15NO3/c1-13(18(20)21)22-17-9-7-14(8-10-17)11-16(12-19)15-5-3-2-4-6-15/h2-11,13H,1H3,(H,20,21)/b16-11+/t13-/m1/s1. The SMILES string of the molecule is C[C@@H](Oc1ccc(/C=C(\C#N)c2ccccc2)cc1)C(=O)O. The van der Waals surface area contributed by atoms with Gasteiger partial charge < -0.3 is 9.84 Å². The number of rotatable bonds is 5. The van der Waals surface area contributed by atoms with Crippen LogP contribution in [0.2, 0.25) is 0 Å². The predicted octanol–water partition coefficient (Wildman–Crippen LogP) is 3.60. The van der Waals surface area contributed by atoms with E-state index in [0.29, 0.717) is 11.3 Å². The monoisotopic (exact) mass is 293 g/mol. The maximum atomic E-state index is 10.7. The second-order valence-corrected chi connectivity index (χ2v) is 4.70. The van der Waals surface area contributed by atoms with Crippen LogP contribution in [0.5, 0.6) is 5.75 Å². The van der Waals surface area contributed by atoms with Crippen LogP contribution in [-0.2, 0) is 4.79 Å². The predicted molar refractivity (Wildman–Crippen MR) is 84.1 cm³/mol. The molecule has 0 fully saturated rings. The third-order valence-electron chi connectivity index (χ3n) is 3.06. The van der Waals surface area contributed by atoms with Crippen LogP contribution in [0.25, 0.3) is 11.6 Å². The summed E-state index contributed by atoms with van der Waals surface area (Å²) in [4.78, 5) is 10.7. The summed E-state index contributed by atoms with van der Waals surface area (Å²) >= 11 is 0. The van der Waals surface area contributed by atoms with E-state index in [-0.39, 0.29) is 0 Å². The number of carboxylic acids is 1. The Kier molecular flexibility index (Phi) is 4.94. The molecule has 0 saturated carbocycles. The lowest BCUT2D eigenvalue weighted by Gasteiger charge is -2.10. The fourth-order valence-corrected chi connectivity index (χ4v) is 1.86. The molecule has 0 aliphatic rings. The van der Waals surface area contributed by atoms with Gasteiger partial charge in [0.05, 0.1) is 11.6 Å². The van der Waals surface area contributed by atoms with Crippen LogP contribution in [0.15, 0.2) is 54.6 Å². The van der Waals surface area contributed by atoms with E-state index in [4.69, 9.17) is 9.84 Å². The molecule has 0 unspecified atom stereocenters. The minimum Gasteiger partial charge on any atom is -0.479 e. The van der Waals surface area contributed by atoms with Gasteiger partial charge in [-0.2, -0.15) is 5.26 Å². The van der Waals surface area contributed by atoms with Crippen molar-refractivity contribution in [1.29, 1.82) is 5.26 Å². The highest BCUT2D eigenvalue weighted by molar-refractivity contribution is 5.89. The molecule has 0 aliphatic heterocycles. The Hall–Kier alpha value is -3.06. The van der Waals surface area contributed by atoms with Crippen molar-refractivity contribution in [2.24, 2.45) is 0 Å². The Morgan fingerprint density at radius 3 is 2.36 bits per heavy atom. The lowest BCUT2D eigenvalue weighted by Crippen LogP contribution is -2.22. The Bertz CT molecular complexity index is 712. The number of nitrogens with zero attached hydrogens (tertiary/aromatic N) is 1. The van der Waals surface area contributed by atoms with E-state index in [1.165, 1.54) is 6.92 Å². The van der Waals surface area contributed by atoms with Gasteiger partial charge >= 0.3 is 5.97 Å². The van der Waals surface area contributed by atoms with E-state index in [2.05, 4.69) is 6.07 Å². The quantitative estimate of drug-likeness (QED) is 0.675. The molecule has 1 atom stereocenters. The molecule has 0 radical (unpaired) electrons. The average molecular weight is 293 g/mol. The number of nitriles is 1. The summed E-state index contributed by atoms with van der Waals surface area (Å²) in [6.07, 6.45) is 0.875. The van der Waals surface area contributed by atoms with Gasteiger partial charge in [0, 0.05) is 0 Å². The topological polar surface area (TPSA) is 70.3 Å². The highest BCUT2D eigenvalue weighted by Gasteiger charge is 2.11. The smallest absolute Gasteiger partial charge is 0.344 e. The molecule has 2 aromatic carbocycles. The normalized spacial score (nSPS) is 12.3. The van der Waals surface area contributed by atoms with E-state index in [1.54, 1.807) is 30.3 Å². The first-order valence-electron chi connectivity index (χ1n) is 6.77. The number of hydrogen-bond acceptors (Lipinski definition) is 3. The molecular weight excluding hydrogens is 278 g/mol. The summed E-state index contributed by atoms with van der Waals surface area (Å²) in [7, 11) is 0. The van der Waals surface area contributed by atoms with Gasteiger partial charge in [-0.1, -0.05) is 42.5 Å². The summed E-state index contributed by atoms with van der Waals surface area (Å²) in [5, 5.41) is 18.1. The molecule has 1 N–H and O–H groups in total. The maximum Gasteiger partial charge on any atom is 0.344 e. The van der Waals surface area contributed by atoms with E-state index >= 15 is 0 Å². The first kappa shape index (κ1) is 15.3. The first-order chi connectivity index (χ1) is 10.6. The second-order valence-electron chi connectivity index (χ2n) is 4.70. The summed E-state index contributed by atoms with van der Waals surface area (Å²) in [5.41, 5.74) is 2.26. The largest absolute Gasteiger partial charge is 0.479 e. The van der Waals surface area contributed by atoms with Gasteiger partial charge in [0.15, 0.2) is 6.10 Å². The molecule has 2 aromatic rings. The van der Waals surface area contributed by atoms with E-state index in [1.807, 2.05) is 30.3 Å². The van der Waals surface area contributed by atoms with Crippen LogP contribution in [0, 0.1) is 11.3 Å². The number of allylic oxidation sites excluding steroid dienone is 1. The van der Waals surface area contributed by atoms with Gasteiger partial charge in [0.25, 0.3) is 0 Å². The molecule has 0 aliphatic carbocycles. The van der Waals surface area contributed by atoms with Crippen LogP contribution < -0.4 is 4.74 Å². The van der Waals surface area contributed by atoms with Crippen molar-refractivity contribution in [3.8, 4) is 11.8 Å². The van der Waals surface area contributed by atoms with Crippen molar-refractivity contribution >= 4 is 17.6 Å². The van der Waals surface area contributed by atoms with Crippen LogP contribution in [0.3, 0.4) is 0 Å². The molecule has 4 heteroatoms. The van der Waals surface area contributed by atoms with E-state index in [0.717, 1.165) is 11.1 Å². The molecule has 4 nitrogen and oxygen atoms in total. The van der Waals surface area contributed by atoms with Gasteiger partial charge in [-0.3, -0.25) is 0 Å². The second kappa shape index (κ2) is 7.09. The molecule has 110 valence electrons. The number of aliphatic carboxylic acids is 1. The van der Waals surface area contributed by atoms with Crippen LogP contribution in [0.4, 0.5) is 0 Å². The Balaban J connectivity index is 2.18. The number of benzene rings is 2. The zero-order valence-electron chi connectivity index (χ0n) is 12.1. The van der Waals surface area contributed by atoms with Crippen molar-refractivity contribution in [1.82, 2.24) is 0 Å². The van der Waals surface area contributed by atoms with Crippen molar-refractivity contribution < 1.29 is 14.6 Å². The van der Waals surface area contributed by atoms with Crippen molar-refractivity contribution in [2.45, 2.75) is 13.0 Å². The zero-order valence-corrected chi connectivity index (χ0v) is 12.1. The number of hydrogen-bond donors (Lipinski definition) is 1. The summed E-state index contributed by atoms with van der Waals surface area (Å²) in [6, 6.07) is 18.5. The van der Waals surface area contributed by atoms with Crippen LogP contribution in [-0.4, -0.2) is 17.2 Å². The third-order valence-corrected chi connectivity index (χ3v) is 3.06. The van der Waals surface area contributed by atoms with E-state index in [9.17, 15) is 10.1 Å². The molecular formula is C18H15NO3. The summed E-state index contributed by atoms with van der Waals surface area (Å²) < 4.78 is 5.26. The van der Waals surface area contributed by atoms with Crippen LogP contribution in [0.1, 0.15) is 18.1 Å². The average Bonchev–Trinajstić information content (AvgIpc) is 2.54. The van der Waals surface area contributed by atoms with Gasteiger partial charge in [-0.25, -0.2) is 4.79 Å². The van der Waals surface area contributed by atoms with Crippen molar-refractivity contribution in [2.75, 3.05) is 0 Å². The zero-order chi connectivity index (χ0) is 15.9. The minimum atomic E-state index is -1.01. The van der Waals surface area contributed by atoms with E-state index < -0.39 is 12.1 Å². The molecule has 0 saturated heterocycles. The fraction of sp³-hybridized carbons (Fsp3) is 0.111. The van der Waals surface area contributed by atoms with Crippen molar-refractivity contribution in [3.05, 3.63) is 65.7 Å². The summed E-state index contributed by atoms with van der Waals surface area (Å²) in [6.45, 7) is 1.47. The highest BCUT2D eigenvalue weighted by Crippen LogP contribution is 2.20. The molecule has 0 spiro atoms. The molecule has 2 rings (SSSR count).